The molecule has 0 atom stereocenters. The summed E-state index contributed by atoms with van der Waals surface area (Å²) < 4.78 is 27.7. The highest BCUT2D eigenvalue weighted by atomic mass is 35.5. The van der Waals surface area contributed by atoms with Crippen LogP contribution >= 0.6 is 11.6 Å². The summed E-state index contributed by atoms with van der Waals surface area (Å²) in [5.74, 6) is -0.525. The van der Waals surface area contributed by atoms with E-state index in [0.717, 1.165) is 0 Å². The van der Waals surface area contributed by atoms with Gasteiger partial charge in [0.25, 0.3) is 0 Å². The standard InChI is InChI=1S/C11H13ClF2N2/c12-8-5-9(13)10(16-7-8)6-11(14)1-3-15-4-2-11/h5,7,15H,1-4,6H2. The molecule has 2 nitrogen and oxygen atoms in total. The van der Waals surface area contributed by atoms with Crippen molar-refractivity contribution in [3.63, 3.8) is 0 Å². The SMILES string of the molecule is Fc1cc(Cl)cnc1CC1(F)CCNCC1. The van der Waals surface area contributed by atoms with Crippen LogP contribution in [0.4, 0.5) is 8.78 Å². The molecule has 0 bridgehead atoms. The number of halogens is 3. The van der Waals surface area contributed by atoms with Gasteiger partial charge in [0, 0.05) is 12.6 Å². The summed E-state index contributed by atoms with van der Waals surface area (Å²) in [6.45, 7) is 1.26. The number of nitrogens with one attached hydrogen (secondary N) is 1. The van der Waals surface area contributed by atoms with E-state index >= 15 is 0 Å². The lowest BCUT2D eigenvalue weighted by Gasteiger charge is -2.29. The third kappa shape index (κ3) is 2.68. The monoisotopic (exact) mass is 246 g/mol. The van der Waals surface area contributed by atoms with Gasteiger partial charge in [0.1, 0.15) is 11.5 Å². The number of aromatic nitrogens is 1. The van der Waals surface area contributed by atoms with Gasteiger partial charge in [-0.05, 0) is 32.0 Å². The van der Waals surface area contributed by atoms with Gasteiger partial charge in [-0.2, -0.15) is 0 Å². The molecule has 0 amide bonds. The van der Waals surface area contributed by atoms with Crippen LogP contribution in [0.2, 0.25) is 5.02 Å². The first-order valence-corrected chi connectivity index (χ1v) is 5.66. The van der Waals surface area contributed by atoms with Crippen LogP contribution in [0, 0.1) is 5.82 Å². The molecule has 0 saturated carbocycles. The third-order valence-electron chi connectivity index (χ3n) is 2.87. The van der Waals surface area contributed by atoms with Gasteiger partial charge in [-0.3, -0.25) is 4.98 Å². The first-order chi connectivity index (χ1) is 7.59. The fraction of sp³-hybridized carbons (Fsp3) is 0.545. The van der Waals surface area contributed by atoms with Gasteiger partial charge in [0.2, 0.25) is 0 Å². The molecule has 1 aliphatic heterocycles. The zero-order chi connectivity index (χ0) is 11.6. The van der Waals surface area contributed by atoms with Crippen LogP contribution in [-0.4, -0.2) is 23.7 Å². The summed E-state index contributed by atoms with van der Waals surface area (Å²) in [6.07, 6.45) is 2.18. The minimum absolute atomic E-state index is 0.0255. The molecular formula is C11H13ClF2N2. The molecule has 16 heavy (non-hydrogen) atoms. The zero-order valence-corrected chi connectivity index (χ0v) is 9.53. The molecule has 0 aliphatic carbocycles. The third-order valence-corrected chi connectivity index (χ3v) is 3.07. The van der Waals surface area contributed by atoms with Crippen molar-refractivity contribution in [3.8, 4) is 0 Å². The molecular weight excluding hydrogens is 234 g/mol. The Balaban J connectivity index is 2.13. The Morgan fingerprint density at radius 3 is 2.75 bits per heavy atom. The fourth-order valence-corrected chi connectivity index (χ4v) is 2.07. The van der Waals surface area contributed by atoms with E-state index < -0.39 is 11.5 Å². The molecule has 1 aliphatic rings. The molecule has 1 N–H and O–H groups in total. The van der Waals surface area contributed by atoms with Gasteiger partial charge in [-0.1, -0.05) is 11.6 Å². The maximum Gasteiger partial charge on any atom is 0.146 e. The Kier molecular flexibility index (Phi) is 3.40. The van der Waals surface area contributed by atoms with E-state index in [1.807, 2.05) is 0 Å². The minimum atomic E-state index is -1.34. The number of rotatable bonds is 2. The maximum absolute atomic E-state index is 14.3. The number of piperidine rings is 1. The predicted molar refractivity (Wildman–Crippen MR) is 58.9 cm³/mol. The van der Waals surface area contributed by atoms with Crippen molar-refractivity contribution in [1.29, 1.82) is 0 Å². The van der Waals surface area contributed by atoms with E-state index in [2.05, 4.69) is 10.3 Å². The quantitative estimate of drug-likeness (QED) is 0.867. The van der Waals surface area contributed by atoms with Crippen LogP contribution in [-0.2, 0) is 6.42 Å². The summed E-state index contributed by atoms with van der Waals surface area (Å²) in [7, 11) is 0. The lowest BCUT2D eigenvalue weighted by Crippen LogP contribution is -2.40. The van der Waals surface area contributed by atoms with Crippen LogP contribution in [0.5, 0.6) is 0 Å². The topological polar surface area (TPSA) is 24.9 Å². The van der Waals surface area contributed by atoms with E-state index in [-0.39, 0.29) is 17.1 Å². The Morgan fingerprint density at radius 1 is 1.44 bits per heavy atom. The lowest BCUT2D eigenvalue weighted by atomic mass is 9.89. The van der Waals surface area contributed by atoms with Crippen molar-refractivity contribution in [2.24, 2.45) is 0 Å². The van der Waals surface area contributed by atoms with Gasteiger partial charge in [-0.25, -0.2) is 8.78 Å². The van der Waals surface area contributed by atoms with Gasteiger partial charge in [-0.15, -0.1) is 0 Å². The molecule has 1 saturated heterocycles. The van der Waals surface area contributed by atoms with Crippen LogP contribution < -0.4 is 5.32 Å². The Hall–Kier alpha value is -0.740. The minimum Gasteiger partial charge on any atom is -0.316 e. The van der Waals surface area contributed by atoms with Crippen LogP contribution in [0.1, 0.15) is 18.5 Å². The number of nitrogens with zero attached hydrogens (tertiary/aromatic N) is 1. The van der Waals surface area contributed by atoms with Crippen LogP contribution in [0.15, 0.2) is 12.3 Å². The second-order valence-electron chi connectivity index (χ2n) is 4.16. The highest BCUT2D eigenvalue weighted by molar-refractivity contribution is 6.30. The van der Waals surface area contributed by atoms with E-state index in [9.17, 15) is 8.78 Å². The molecule has 0 radical (unpaired) electrons. The van der Waals surface area contributed by atoms with Crippen LogP contribution in [0.3, 0.4) is 0 Å². The molecule has 5 heteroatoms. The predicted octanol–water partition coefficient (Wildman–Crippen LogP) is 2.51. The maximum atomic E-state index is 14.3. The van der Waals surface area contributed by atoms with Crippen molar-refractivity contribution in [2.45, 2.75) is 24.9 Å². The largest absolute Gasteiger partial charge is 0.316 e. The normalized spacial score (nSPS) is 19.7. The molecule has 0 unspecified atom stereocenters. The van der Waals surface area contributed by atoms with Crippen LogP contribution in [0.25, 0.3) is 0 Å². The van der Waals surface area contributed by atoms with E-state index in [1.165, 1.54) is 12.3 Å². The lowest BCUT2D eigenvalue weighted by molar-refractivity contribution is 0.113. The number of hydrogen-bond donors (Lipinski definition) is 1. The second-order valence-corrected chi connectivity index (χ2v) is 4.60. The molecule has 2 rings (SSSR count). The van der Waals surface area contributed by atoms with E-state index in [0.29, 0.717) is 25.9 Å². The Morgan fingerprint density at radius 2 is 2.12 bits per heavy atom. The smallest absolute Gasteiger partial charge is 0.146 e. The second kappa shape index (κ2) is 4.63. The highest BCUT2D eigenvalue weighted by Gasteiger charge is 2.33. The average molecular weight is 247 g/mol. The first-order valence-electron chi connectivity index (χ1n) is 5.29. The fourth-order valence-electron chi connectivity index (χ4n) is 1.92. The molecule has 1 aromatic heterocycles. The van der Waals surface area contributed by atoms with Gasteiger partial charge >= 0.3 is 0 Å². The average Bonchev–Trinajstić information content (AvgIpc) is 2.23. The number of hydrogen-bond acceptors (Lipinski definition) is 2. The summed E-state index contributed by atoms with van der Waals surface area (Å²) in [6, 6.07) is 1.17. The van der Waals surface area contributed by atoms with Gasteiger partial charge < -0.3 is 5.32 Å². The van der Waals surface area contributed by atoms with E-state index in [1.54, 1.807) is 0 Å². The Labute approximate surface area is 98.0 Å². The number of alkyl halides is 1. The summed E-state index contributed by atoms with van der Waals surface area (Å²) in [5, 5.41) is 3.31. The first kappa shape index (κ1) is 11.7. The molecule has 0 aromatic carbocycles. The summed E-state index contributed by atoms with van der Waals surface area (Å²) in [5.41, 5.74) is -1.18. The van der Waals surface area contributed by atoms with Crippen molar-refractivity contribution in [1.82, 2.24) is 10.3 Å². The van der Waals surface area contributed by atoms with Gasteiger partial charge in [0.05, 0.1) is 10.7 Å². The van der Waals surface area contributed by atoms with Crippen molar-refractivity contribution in [2.75, 3.05) is 13.1 Å². The van der Waals surface area contributed by atoms with Crippen molar-refractivity contribution >= 4 is 11.6 Å². The van der Waals surface area contributed by atoms with E-state index in [4.69, 9.17) is 11.6 Å². The highest BCUT2D eigenvalue weighted by Crippen LogP contribution is 2.28. The van der Waals surface area contributed by atoms with Gasteiger partial charge in [0.15, 0.2) is 0 Å². The molecule has 1 fully saturated rings. The Bertz CT molecular complexity index is 378. The molecule has 1 aromatic rings. The summed E-state index contributed by atoms with van der Waals surface area (Å²) >= 11 is 5.59. The van der Waals surface area contributed by atoms with Crippen molar-refractivity contribution < 1.29 is 8.78 Å². The molecule has 88 valence electrons. The van der Waals surface area contributed by atoms with Crippen molar-refractivity contribution in [3.05, 3.63) is 28.8 Å². The number of pyridine rings is 1. The summed E-state index contributed by atoms with van der Waals surface area (Å²) in [4.78, 5) is 3.85. The molecule has 2 heterocycles. The zero-order valence-electron chi connectivity index (χ0n) is 8.77. The molecule has 0 spiro atoms.